The number of hydrogen-bond acceptors (Lipinski definition) is 8. The van der Waals surface area contributed by atoms with Crippen molar-refractivity contribution in [3.8, 4) is 11.6 Å². The van der Waals surface area contributed by atoms with Crippen LogP contribution in [0.2, 0.25) is 0 Å². The zero-order chi connectivity index (χ0) is 24.8. The number of hydrogen-bond donors (Lipinski definition) is 2. The van der Waals surface area contributed by atoms with Crippen molar-refractivity contribution in [2.75, 3.05) is 30.4 Å². The molecular formula is C23H23BrN4O6S. The number of carbonyl (C=O) groups is 1. The average Bonchev–Trinajstić information content (AvgIpc) is 3.37. The summed E-state index contributed by atoms with van der Waals surface area (Å²) in [6.07, 6.45) is 4.84. The first-order valence-corrected chi connectivity index (χ1v) is 13.0. The molecule has 184 valence electrons. The number of nitrogens with one attached hydrogen (secondary N) is 2. The van der Waals surface area contributed by atoms with Crippen molar-refractivity contribution in [3.63, 3.8) is 0 Å². The van der Waals surface area contributed by atoms with Gasteiger partial charge in [0.15, 0.2) is 0 Å². The van der Waals surface area contributed by atoms with E-state index in [2.05, 4.69) is 35.9 Å². The first-order chi connectivity index (χ1) is 16.9. The number of carbonyl (C=O) groups excluding carboxylic acids is 1. The van der Waals surface area contributed by atoms with Crippen LogP contribution in [0.4, 0.5) is 11.5 Å². The smallest absolute Gasteiger partial charge is 0.263 e. The van der Waals surface area contributed by atoms with Crippen molar-refractivity contribution in [1.29, 1.82) is 0 Å². The molecule has 35 heavy (non-hydrogen) atoms. The van der Waals surface area contributed by atoms with Gasteiger partial charge in [0.2, 0.25) is 5.82 Å². The van der Waals surface area contributed by atoms with Crippen molar-refractivity contribution < 1.29 is 27.4 Å². The van der Waals surface area contributed by atoms with Crippen molar-refractivity contribution in [3.05, 3.63) is 64.9 Å². The molecule has 4 rings (SSSR count). The van der Waals surface area contributed by atoms with Crippen molar-refractivity contribution in [1.82, 2.24) is 9.97 Å². The van der Waals surface area contributed by atoms with Crippen molar-refractivity contribution in [2.24, 2.45) is 0 Å². The van der Waals surface area contributed by atoms with E-state index in [4.69, 9.17) is 14.2 Å². The summed E-state index contributed by atoms with van der Waals surface area (Å²) in [5, 5.41) is 2.75. The Morgan fingerprint density at radius 2 is 1.94 bits per heavy atom. The minimum Gasteiger partial charge on any atom is -0.490 e. The standard InChI is InChI=1S/C23H23BrN4O6S/c1-32-23-21(25-10-11-26-23)28-35(30,31)18-7-5-16(6-8-18)27-22(29)15-4-9-20(19(24)13-15)34-14-17-3-2-12-33-17/h4-11,13,17H,2-3,12,14H2,1H3,(H,25,28)(H,27,29). The number of rotatable bonds is 9. The van der Waals surface area contributed by atoms with Crippen LogP contribution < -0.4 is 19.5 Å². The number of amides is 1. The molecule has 0 aliphatic carbocycles. The van der Waals surface area contributed by atoms with Gasteiger partial charge in [-0.05, 0) is 71.2 Å². The molecule has 2 aromatic carbocycles. The van der Waals surface area contributed by atoms with Gasteiger partial charge in [0.05, 0.1) is 22.6 Å². The number of benzene rings is 2. The first-order valence-electron chi connectivity index (χ1n) is 10.7. The van der Waals surface area contributed by atoms with Gasteiger partial charge in [0.25, 0.3) is 21.8 Å². The minimum absolute atomic E-state index is 0.0151. The van der Waals surface area contributed by atoms with Crippen LogP contribution in [0.1, 0.15) is 23.2 Å². The molecule has 1 aliphatic heterocycles. The van der Waals surface area contributed by atoms with E-state index in [0.29, 0.717) is 28.1 Å². The summed E-state index contributed by atoms with van der Waals surface area (Å²) in [5.41, 5.74) is 0.843. The van der Waals surface area contributed by atoms with Crippen LogP contribution in [0.25, 0.3) is 0 Å². The van der Waals surface area contributed by atoms with Gasteiger partial charge < -0.3 is 19.5 Å². The van der Waals surface area contributed by atoms with Crippen LogP contribution in [0.3, 0.4) is 0 Å². The maximum atomic E-state index is 12.7. The Morgan fingerprint density at radius 1 is 1.17 bits per heavy atom. The van der Waals surface area contributed by atoms with Gasteiger partial charge in [-0.25, -0.2) is 18.4 Å². The zero-order valence-corrected chi connectivity index (χ0v) is 21.1. The van der Waals surface area contributed by atoms with E-state index < -0.39 is 10.0 Å². The fraction of sp³-hybridized carbons (Fsp3) is 0.261. The number of sulfonamides is 1. The number of halogens is 1. The summed E-state index contributed by atoms with van der Waals surface area (Å²) >= 11 is 3.44. The Kier molecular flexibility index (Phi) is 7.83. The van der Waals surface area contributed by atoms with Crippen LogP contribution in [-0.2, 0) is 14.8 Å². The maximum Gasteiger partial charge on any atom is 0.263 e. The second kappa shape index (κ2) is 11.0. The van der Waals surface area contributed by atoms with Gasteiger partial charge in [0.1, 0.15) is 12.4 Å². The van der Waals surface area contributed by atoms with E-state index in [0.717, 1.165) is 19.4 Å². The summed E-state index contributed by atoms with van der Waals surface area (Å²) in [6.45, 7) is 1.21. The topological polar surface area (TPSA) is 129 Å². The monoisotopic (exact) mass is 562 g/mol. The molecule has 1 fully saturated rings. The average molecular weight is 563 g/mol. The lowest BCUT2D eigenvalue weighted by Crippen LogP contribution is -2.17. The lowest BCUT2D eigenvalue weighted by molar-refractivity contribution is 0.0677. The molecule has 1 saturated heterocycles. The predicted molar refractivity (Wildman–Crippen MR) is 132 cm³/mol. The number of ether oxygens (including phenoxy) is 3. The van der Waals surface area contributed by atoms with Gasteiger partial charge in [-0.3, -0.25) is 9.52 Å². The molecule has 1 unspecified atom stereocenters. The largest absolute Gasteiger partial charge is 0.490 e. The fourth-order valence-electron chi connectivity index (χ4n) is 3.37. The Bertz CT molecular complexity index is 1300. The quantitative estimate of drug-likeness (QED) is 0.402. The molecule has 1 aromatic heterocycles. The molecule has 0 radical (unpaired) electrons. The highest BCUT2D eigenvalue weighted by molar-refractivity contribution is 9.10. The predicted octanol–water partition coefficient (Wildman–Crippen LogP) is 3.86. The lowest BCUT2D eigenvalue weighted by atomic mass is 10.2. The Hall–Kier alpha value is -3.22. The highest BCUT2D eigenvalue weighted by Crippen LogP contribution is 2.28. The molecule has 0 bridgehead atoms. The number of aromatic nitrogens is 2. The van der Waals surface area contributed by atoms with Crippen LogP contribution >= 0.6 is 15.9 Å². The highest BCUT2D eigenvalue weighted by Gasteiger charge is 2.19. The molecule has 0 spiro atoms. The third kappa shape index (κ3) is 6.27. The van der Waals surface area contributed by atoms with E-state index in [-0.39, 0.29) is 28.6 Å². The number of anilines is 2. The third-order valence-electron chi connectivity index (χ3n) is 5.15. The molecule has 1 amide bonds. The molecular weight excluding hydrogens is 540 g/mol. The molecule has 1 atom stereocenters. The summed E-state index contributed by atoms with van der Waals surface area (Å²) in [6, 6.07) is 10.8. The SMILES string of the molecule is COc1nccnc1NS(=O)(=O)c1ccc(NC(=O)c2ccc(OCC3CCCO3)c(Br)c2)cc1. The Balaban J connectivity index is 1.39. The van der Waals surface area contributed by atoms with Crippen LogP contribution in [0.5, 0.6) is 11.6 Å². The van der Waals surface area contributed by atoms with Gasteiger partial charge in [-0.1, -0.05) is 0 Å². The molecule has 10 nitrogen and oxygen atoms in total. The molecule has 1 aliphatic rings. The van der Waals surface area contributed by atoms with Crippen LogP contribution in [-0.4, -0.2) is 50.7 Å². The Labute approximate surface area is 211 Å². The van der Waals surface area contributed by atoms with E-state index in [1.54, 1.807) is 18.2 Å². The number of methoxy groups -OCH3 is 1. The maximum absolute atomic E-state index is 12.7. The second-order valence-electron chi connectivity index (χ2n) is 7.59. The van der Waals surface area contributed by atoms with E-state index in [1.165, 1.54) is 43.8 Å². The van der Waals surface area contributed by atoms with Crippen LogP contribution in [0, 0.1) is 0 Å². The Morgan fingerprint density at radius 3 is 2.63 bits per heavy atom. The first kappa shape index (κ1) is 24.9. The summed E-state index contributed by atoms with van der Waals surface area (Å²) in [5.74, 6) is 0.295. The molecule has 3 aromatic rings. The lowest BCUT2D eigenvalue weighted by Gasteiger charge is -2.13. The zero-order valence-electron chi connectivity index (χ0n) is 18.7. The normalized spacial score (nSPS) is 15.4. The van der Waals surface area contributed by atoms with Crippen LogP contribution in [0.15, 0.2) is 64.2 Å². The summed E-state index contributed by atoms with van der Waals surface area (Å²) in [7, 11) is -2.57. The van der Waals surface area contributed by atoms with Gasteiger partial charge in [-0.2, -0.15) is 0 Å². The minimum atomic E-state index is -3.94. The van der Waals surface area contributed by atoms with Crippen molar-refractivity contribution >= 4 is 43.4 Å². The molecule has 12 heteroatoms. The second-order valence-corrected chi connectivity index (χ2v) is 10.1. The highest BCUT2D eigenvalue weighted by atomic mass is 79.9. The summed E-state index contributed by atoms with van der Waals surface area (Å²) in [4.78, 5) is 20.5. The van der Waals surface area contributed by atoms with Crippen molar-refractivity contribution in [2.45, 2.75) is 23.8 Å². The molecule has 2 heterocycles. The molecule has 2 N–H and O–H groups in total. The fourth-order valence-corrected chi connectivity index (χ4v) is 4.87. The van der Waals surface area contributed by atoms with E-state index in [1.807, 2.05) is 0 Å². The summed E-state index contributed by atoms with van der Waals surface area (Å²) < 4.78 is 44.7. The van der Waals surface area contributed by atoms with E-state index in [9.17, 15) is 13.2 Å². The number of nitrogens with zero attached hydrogens (tertiary/aromatic N) is 2. The van der Waals surface area contributed by atoms with Gasteiger partial charge >= 0.3 is 0 Å². The molecule has 0 saturated carbocycles. The van der Waals surface area contributed by atoms with Gasteiger partial charge in [0, 0.05) is 30.3 Å². The van der Waals surface area contributed by atoms with Gasteiger partial charge in [-0.15, -0.1) is 0 Å². The third-order valence-corrected chi connectivity index (χ3v) is 7.13. The van der Waals surface area contributed by atoms with E-state index >= 15 is 0 Å².